The van der Waals surface area contributed by atoms with Gasteiger partial charge in [-0.2, -0.15) is 0 Å². The van der Waals surface area contributed by atoms with Crippen LogP contribution in [0.25, 0.3) is 55.0 Å². The van der Waals surface area contributed by atoms with Crippen LogP contribution in [0.3, 0.4) is 0 Å². The second-order valence-electron chi connectivity index (χ2n) is 13.1. The van der Waals surface area contributed by atoms with Gasteiger partial charge in [0.1, 0.15) is 11.2 Å². The van der Waals surface area contributed by atoms with Gasteiger partial charge in [0.05, 0.1) is 11.4 Å². The van der Waals surface area contributed by atoms with E-state index in [0.29, 0.717) is 5.92 Å². The normalized spacial score (nSPS) is 13.8. The standard InChI is InChI=1S/C46H37NO/c1-3-15-32(16-4-1)37-24-13-17-33-18-14-25-40(46(33)37)38-22-8-11-27-43(38)47(35-19-5-2-6-20-35)42-26-10-7-21-36(42)34-29-30-45-41(31-34)39-23-9-12-28-44(39)48-45/h2,5-14,17-32H,1,3-4,15-16H2. The highest BCUT2D eigenvalue weighted by Crippen LogP contribution is 2.47. The molecule has 232 valence electrons. The Morgan fingerprint density at radius 3 is 1.96 bits per heavy atom. The third-order valence-corrected chi connectivity index (χ3v) is 10.3. The monoisotopic (exact) mass is 619 g/mol. The van der Waals surface area contributed by atoms with E-state index < -0.39 is 0 Å². The molecule has 0 spiro atoms. The summed E-state index contributed by atoms with van der Waals surface area (Å²) in [7, 11) is 0. The van der Waals surface area contributed by atoms with Crippen LogP contribution in [0.15, 0.2) is 162 Å². The van der Waals surface area contributed by atoms with Crippen LogP contribution in [0.4, 0.5) is 17.1 Å². The minimum Gasteiger partial charge on any atom is -0.456 e. The number of fused-ring (bicyclic) bond motifs is 4. The van der Waals surface area contributed by atoms with Gasteiger partial charge in [0.25, 0.3) is 0 Å². The molecule has 0 atom stereocenters. The summed E-state index contributed by atoms with van der Waals surface area (Å²) in [6.45, 7) is 0. The van der Waals surface area contributed by atoms with Crippen molar-refractivity contribution in [2.24, 2.45) is 0 Å². The zero-order chi connectivity index (χ0) is 31.9. The van der Waals surface area contributed by atoms with Crippen LogP contribution < -0.4 is 4.90 Å². The first-order chi connectivity index (χ1) is 23.8. The molecule has 0 unspecified atom stereocenters. The number of benzene rings is 7. The molecule has 0 aliphatic heterocycles. The average molecular weight is 620 g/mol. The highest BCUT2D eigenvalue weighted by atomic mass is 16.3. The third-order valence-electron chi connectivity index (χ3n) is 10.3. The molecule has 1 fully saturated rings. The molecule has 9 rings (SSSR count). The zero-order valence-corrected chi connectivity index (χ0v) is 27.0. The molecule has 1 aromatic heterocycles. The van der Waals surface area contributed by atoms with Crippen molar-refractivity contribution < 1.29 is 4.42 Å². The Kier molecular flexibility index (Phi) is 7.28. The van der Waals surface area contributed by atoms with Crippen LogP contribution in [0.1, 0.15) is 43.6 Å². The van der Waals surface area contributed by atoms with Crippen LogP contribution >= 0.6 is 0 Å². The van der Waals surface area contributed by atoms with Gasteiger partial charge in [-0.25, -0.2) is 0 Å². The fraction of sp³-hybridized carbons (Fsp3) is 0.130. The van der Waals surface area contributed by atoms with Crippen LogP contribution in [0.2, 0.25) is 0 Å². The Balaban J connectivity index is 1.27. The topological polar surface area (TPSA) is 16.4 Å². The van der Waals surface area contributed by atoms with Crippen LogP contribution in [0, 0.1) is 0 Å². The van der Waals surface area contributed by atoms with E-state index in [1.807, 2.05) is 12.1 Å². The molecule has 1 aliphatic rings. The highest BCUT2D eigenvalue weighted by Gasteiger charge is 2.24. The number of rotatable bonds is 6. The predicted molar refractivity (Wildman–Crippen MR) is 203 cm³/mol. The van der Waals surface area contributed by atoms with Crippen molar-refractivity contribution in [2.75, 3.05) is 4.90 Å². The molecule has 1 aliphatic carbocycles. The molecular weight excluding hydrogens is 583 g/mol. The molecule has 1 heterocycles. The van der Waals surface area contributed by atoms with Gasteiger partial charge in [0.2, 0.25) is 0 Å². The lowest BCUT2D eigenvalue weighted by molar-refractivity contribution is 0.445. The first kappa shape index (κ1) is 28.6. The van der Waals surface area contributed by atoms with Gasteiger partial charge in [0, 0.05) is 27.6 Å². The summed E-state index contributed by atoms with van der Waals surface area (Å²) >= 11 is 0. The first-order valence-corrected chi connectivity index (χ1v) is 17.3. The van der Waals surface area contributed by atoms with E-state index in [-0.39, 0.29) is 0 Å². The van der Waals surface area contributed by atoms with Crippen molar-refractivity contribution in [1.29, 1.82) is 0 Å². The lowest BCUT2D eigenvalue weighted by Gasteiger charge is -2.30. The molecule has 0 amide bonds. The molecule has 7 aromatic carbocycles. The lowest BCUT2D eigenvalue weighted by atomic mass is 9.80. The Bertz CT molecular complexity index is 2390. The van der Waals surface area contributed by atoms with Crippen molar-refractivity contribution in [3.8, 4) is 22.3 Å². The molecule has 0 saturated heterocycles. The molecule has 8 aromatic rings. The fourth-order valence-corrected chi connectivity index (χ4v) is 8.04. The minimum atomic E-state index is 0.607. The van der Waals surface area contributed by atoms with Crippen molar-refractivity contribution in [3.63, 3.8) is 0 Å². The van der Waals surface area contributed by atoms with Crippen molar-refractivity contribution in [3.05, 3.63) is 163 Å². The predicted octanol–water partition coefficient (Wildman–Crippen LogP) is 13.6. The van der Waals surface area contributed by atoms with Gasteiger partial charge in [-0.3, -0.25) is 0 Å². The summed E-state index contributed by atoms with van der Waals surface area (Å²) in [5, 5.41) is 4.99. The number of hydrogen-bond donors (Lipinski definition) is 0. The number of furan rings is 1. The van der Waals surface area contributed by atoms with Crippen LogP contribution in [0.5, 0.6) is 0 Å². The van der Waals surface area contributed by atoms with Gasteiger partial charge >= 0.3 is 0 Å². The summed E-state index contributed by atoms with van der Waals surface area (Å²) in [5.41, 5.74) is 11.6. The van der Waals surface area contributed by atoms with E-state index in [1.54, 1.807) is 0 Å². The highest BCUT2D eigenvalue weighted by molar-refractivity contribution is 6.07. The molecule has 0 bridgehead atoms. The lowest BCUT2D eigenvalue weighted by Crippen LogP contribution is -2.12. The molecule has 0 radical (unpaired) electrons. The SMILES string of the molecule is c1ccc(N(c2ccccc2-c2ccc3oc4ccccc4c3c2)c2ccccc2-c2cccc3cccc(C4CCCCC4)c23)cc1. The van der Waals surface area contributed by atoms with Gasteiger partial charge in [0.15, 0.2) is 0 Å². The molecule has 2 nitrogen and oxygen atoms in total. The van der Waals surface area contributed by atoms with E-state index in [4.69, 9.17) is 4.42 Å². The van der Waals surface area contributed by atoms with Crippen molar-refractivity contribution >= 4 is 49.8 Å². The fourth-order valence-electron chi connectivity index (χ4n) is 8.04. The molecular formula is C46H37NO. The van der Waals surface area contributed by atoms with Gasteiger partial charge in [-0.15, -0.1) is 0 Å². The smallest absolute Gasteiger partial charge is 0.135 e. The van der Waals surface area contributed by atoms with E-state index >= 15 is 0 Å². The quantitative estimate of drug-likeness (QED) is 0.184. The summed E-state index contributed by atoms with van der Waals surface area (Å²) in [5.74, 6) is 0.607. The Hall–Kier alpha value is -5.60. The number of hydrogen-bond acceptors (Lipinski definition) is 2. The number of nitrogens with zero attached hydrogens (tertiary/aromatic N) is 1. The maximum absolute atomic E-state index is 6.20. The first-order valence-electron chi connectivity index (χ1n) is 17.3. The largest absolute Gasteiger partial charge is 0.456 e. The molecule has 1 saturated carbocycles. The van der Waals surface area contributed by atoms with E-state index in [1.165, 1.54) is 65.1 Å². The van der Waals surface area contributed by atoms with Crippen LogP contribution in [-0.4, -0.2) is 0 Å². The number of anilines is 3. The maximum Gasteiger partial charge on any atom is 0.135 e. The summed E-state index contributed by atoms with van der Waals surface area (Å²) in [6, 6.07) is 57.3. The number of para-hydroxylation sites is 4. The average Bonchev–Trinajstić information content (AvgIpc) is 3.54. The Labute approximate surface area is 281 Å². The summed E-state index contributed by atoms with van der Waals surface area (Å²) in [4.78, 5) is 2.45. The van der Waals surface area contributed by atoms with Gasteiger partial charge in [-0.1, -0.05) is 135 Å². The van der Waals surface area contributed by atoms with E-state index in [0.717, 1.165) is 44.6 Å². The van der Waals surface area contributed by atoms with Crippen molar-refractivity contribution in [2.45, 2.75) is 38.0 Å². The summed E-state index contributed by atoms with van der Waals surface area (Å²) < 4.78 is 6.20. The third kappa shape index (κ3) is 4.96. The Morgan fingerprint density at radius 2 is 1.12 bits per heavy atom. The van der Waals surface area contributed by atoms with E-state index in [9.17, 15) is 0 Å². The van der Waals surface area contributed by atoms with Crippen LogP contribution in [-0.2, 0) is 0 Å². The maximum atomic E-state index is 6.20. The Morgan fingerprint density at radius 1 is 0.479 bits per heavy atom. The molecule has 0 N–H and O–H groups in total. The minimum absolute atomic E-state index is 0.607. The van der Waals surface area contributed by atoms with E-state index in [2.05, 4.69) is 150 Å². The summed E-state index contributed by atoms with van der Waals surface area (Å²) in [6.07, 6.45) is 6.54. The van der Waals surface area contributed by atoms with Gasteiger partial charge in [-0.05, 0) is 88.7 Å². The second kappa shape index (κ2) is 12.2. The zero-order valence-electron chi connectivity index (χ0n) is 27.0. The molecule has 2 heteroatoms. The van der Waals surface area contributed by atoms with Gasteiger partial charge < -0.3 is 9.32 Å². The second-order valence-corrected chi connectivity index (χ2v) is 13.1. The molecule has 48 heavy (non-hydrogen) atoms. The van der Waals surface area contributed by atoms with Crippen molar-refractivity contribution in [1.82, 2.24) is 0 Å².